The number of halogens is 1. The third kappa shape index (κ3) is 3.84. The van der Waals surface area contributed by atoms with Gasteiger partial charge in [0.15, 0.2) is 0 Å². The van der Waals surface area contributed by atoms with Gasteiger partial charge < -0.3 is 4.90 Å². The normalized spacial score (nSPS) is 11.7. The SMILES string of the molecule is O=C(Cl)CC(c1ccccc1)N(c1ccccc1)c1ccccc1. The summed E-state index contributed by atoms with van der Waals surface area (Å²) in [7, 11) is 0. The molecule has 3 rings (SSSR count). The first kappa shape index (κ1) is 16.3. The predicted octanol–water partition coefficient (Wildman–Crippen LogP) is 5.72. The van der Waals surface area contributed by atoms with Crippen molar-refractivity contribution < 1.29 is 4.79 Å². The first-order valence-electron chi connectivity index (χ1n) is 7.88. The van der Waals surface area contributed by atoms with Crippen molar-refractivity contribution in [1.82, 2.24) is 0 Å². The van der Waals surface area contributed by atoms with Gasteiger partial charge in [0, 0.05) is 17.8 Å². The fraction of sp³-hybridized carbons (Fsp3) is 0.0952. The smallest absolute Gasteiger partial charge is 0.224 e. The topological polar surface area (TPSA) is 20.3 Å². The van der Waals surface area contributed by atoms with Gasteiger partial charge in [0.1, 0.15) is 0 Å². The highest BCUT2D eigenvalue weighted by Crippen LogP contribution is 2.37. The van der Waals surface area contributed by atoms with Crippen molar-refractivity contribution >= 4 is 28.2 Å². The van der Waals surface area contributed by atoms with Crippen LogP contribution in [-0.2, 0) is 4.79 Å². The van der Waals surface area contributed by atoms with E-state index in [1.807, 2.05) is 91.0 Å². The summed E-state index contributed by atoms with van der Waals surface area (Å²) in [6.45, 7) is 0. The molecule has 0 aliphatic rings. The van der Waals surface area contributed by atoms with E-state index in [0.29, 0.717) is 0 Å². The Morgan fingerprint density at radius 1 is 0.750 bits per heavy atom. The van der Waals surface area contributed by atoms with Crippen molar-refractivity contribution in [2.24, 2.45) is 0 Å². The van der Waals surface area contributed by atoms with Gasteiger partial charge in [-0.3, -0.25) is 4.79 Å². The van der Waals surface area contributed by atoms with Crippen molar-refractivity contribution in [2.75, 3.05) is 4.90 Å². The van der Waals surface area contributed by atoms with Gasteiger partial charge in [-0.25, -0.2) is 0 Å². The lowest BCUT2D eigenvalue weighted by atomic mass is 10.0. The summed E-state index contributed by atoms with van der Waals surface area (Å²) in [5.74, 6) is 0. The summed E-state index contributed by atoms with van der Waals surface area (Å²) in [6.07, 6.45) is 0.232. The zero-order valence-corrected chi connectivity index (χ0v) is 13.9. The number of hydrogen-bond acceptors (Lipinski definition) is 2. The molecule has 0 radical (unpaired) electrons. The van der Waals surface area contributed by atoms with E-state index in [-0.39, 0.29) is 17.7 Å². The summed E-state index contributed by atoms with van der Waals surface area (Å²) in [4.78, 5) is 13.9. The average Bonchev–Trinajstić information content (AvgIpc) is 2.63. The molecule has 3 aromatic rings. The maximum absolute atomic E-state index is 11.7. The minimum atomic E-state index is -0.347. The molecular formula is C21H18ClNO. The van der Waals surface area contributed by atoms with E-state index in [4.69, 9.17) is 11.6 Å². The van der Waals surface area contributed by atoms with E-state index in [1.165, 1.54) is 0 Å². The lowest BCUT2D eigenvalue weighted by Gasteiger charge is -2.33. The molecule has 0 saturated heterocycles. The third-order valence-corrected chi connectivity index (χ3v) is 4.07. The summed E-state index contributed by atoms with van der Waals surface area (Å²) < 4.78 is 0. The number of rotatable bonds is 6. The second kappa shape index (κ2) is 7.80. The van der Waals surface area contributed by atoms with Gasteiger partial charge in [-0.15, -0.1) is 0 Å². The summed E-state index contributed by atoms with van der Waals surface area (Å²) in [5, 5.41) is -0.347. The van der Waals surface area contributed by atoms with Gasteiger partial charge >= 0.3 is 0 Å². The second-order valence-corrected chi connectivity index (χ2v) is 5.95. The molecule has 3 heteroatoms. The quantitative estimate of drug-likeness (QED) is 0.537. The molecule has 24 heavy (non-hydrogen) atoms. The van der Waals surface area contributed by atoms with Gasteiger partial charge in [0.2, 0.25) is 5.24 Å². The molecule has 0 fully saturated rings. The van der Waals surface area contributed by atoms with E-state index >= 15 is 0 Å². The Bertz CT molecular complexity index is 735. The molecule has 2 nitrogen and oxygen atoms in total. The van der Waals surface area contributed by atoms with Crippen molar-refractivity contribution in [1.29, 1.82) is 0 Å². The largest absolute Gasteiger partial charge is 0.333 e. The van der Waals surface area contributed by atoms with Crippen LogP contribution in [0.1, 0.15) is 18.0 Å². The average molecular weight is 336 g/mol. The molecule has 0 amide bonds. The lowest BCUT2D eigenvalue weighted by Crippen LogP contribution is -2.25. The number of carbonyl (C=O) groups is 1. The van der Waals surface area contributed by atoms with Crippen LogP contribution >= 0.6 is 11.6 Å². The summed E-state index contributed by atoms with van der Waals surface area (Å²) in [6, 6.07) is 30.0. The molecule has 0 bridgehead atoms. The van der Waals surface area contributed by atoms with Gasteiger partial charge in [0.05, 0.1) is 6.04 Å². The van der Waals surface area contributed by atoms with Crippen LogP contribution in [0.25, 0.3) is 0 Å². The first-order valence-corrected chi connectivity index (χ1v) is 8.26. The molecule has 3 aromatic carbocycles. The molecule has 0 heterocycles. The van der Waals surface area contributed by atoms with Gasteiger partial charge in [0.25, 0.3) is 0 Å². The third-order valence-electron chi connectivity index (χ3n) is 3.92. The second-order valence-electron chi connectivity index (χ2n) is 5.53. The van der Waals surface area contributed by atoms with E-state index in [0.717, 1.165) is 16.9 Å². The molecule has 120 valence electrons. The van der Waals surface area contributed by atoms with E-state index in [1.54, 1.807) is 0 Å². The minimum absolute atomic E-state index is 0.166. The Morgan fingerprint density at radius 3 is 1.58 bits per heavy atom. The summed E-state index contributed by atoms with van der Waals surface area (Å²) in [5.41, 5.74) is 3.10. The van der Waals surface area contributed by atoms with Crippen LogP contribution in [0.2, 0.25) is 0 Å². The Morgan fingerprint density at radius 2 is 1.17 bits per heavy atom. The van der Waals surface area contributed by atoms with Gasteiger partial charge in [-0.1, -0.05) is 66.7 Å². The number of hydrogen-bond donors (Lipinski definition) is 0. The van der Waals surface area contributed by atoms with E-state index in [9.17, 15) is 4.79 Å². The van der Waals surface area contributed by atoms with Crippen molar-refractivity contribution in [3.63, 3.8) is 0 Å². The molecule has 1 unspecified atom stereocenters. The maximum Gasteiger partial charge on any atom is 0.224 e. The van der Waals surface area contributed by atoms with Crippen LogP contribution in [0.5, 0.6) is 0 Å². The molecule has 0 saturated carbocycles. The molecular weight excluding hydrogens is 318 g/mol. The van der Waals surface area contributed by atoms with E-state index in [2.05, 4.69) is 4.90 Å². The molecule has 0 aliphatic carbocycles. The Balaban J connectivity index is 2.12. The van der Waals surface area contributed by atoms with Crippen molar-refractivity contribution in [3.05, 3.63) is 96.6 Å². The van der Waals surface area contributed by atoms with Crippen LogP contribution in [0.3, 0.4) is 0 Å². The molecule has 0 aliphatic heterocycles. The number of nitrogens with zero attached hydrogens (tertiary/aromatic N) is 1. The highest BCUT2D eigenvalue weighted by molar-refractivity contribution is 6.63. The Labute approximate surface area is 147 Å². The number of para-hydroxylation sites is 2. The van der Waals surface area contributed by atoms with Crippen molar-refractivity contribution in [2.45, 2.75) is 12.5 Å². The fourth-order valence-electron chi connectivity index (χ4n) is 2.87. The van der Waals surface area contributed by atoms with Crippen LogP contribution < -0.4 is 4.90 Å². The van der Waals surface area contributed by atoms with Crippen molar-refractivity contribution in [3.8, 4) is 0 Å². The van der Waals surface area contributed by atoms with Gasteiger partial charge in [-0.05, 0) is 41.4 Å². The highest BCUT2D eigenvalue weighted by Gasteiger charge is 2.24. The number of benzene rings is 3. The monoisotopic (exact) mass is 335 g/mol. The zero-order valence-electron chi connectivity index (χ0n) is 13.2. The van der Waals surface area contributed by atoms with Crippen LogP contribution in [0.15, 0.2) is 91.0 Å². The predicted molar refractivity (Wildman–Crippen MR) is 99.7 cm³/mol. The molecule has 1 atom stereocenters. The van der Waals surface area contributed by atoms with Gasteiger partial charge in [-0.2, -0.15) is 0 Å². The van der Waals surface area contributed by atoms with Crippen LogP contribution in [0.4, 0.5) is 11.4 Å². The first-order chi connectivity index (χ1) is 11.8. The molecule has 0 N–H and O–H groups in total. The lowest BCUT2D eigenvalue weighted by molar-refractivity contribution is -0.112. The number of anilines is 2. The summed E-state index contributed by atoms with van der Waals surface area (Å²) >= 11 is 5.78. The Hall–Kier alpha value is -2.58. The highest BCUT2D eigenvalue weighted by atomic mass is 35.5. The number of carbonyl (C=O) groups excluding carboxylic acids is 1. The fourth-order valence-corrected chi connectivity index (χ4v) is 3.02. The van der Waals surface area contributed by atoms with Crippen LogP contribution in [-0.4, -0.2) is 5.24 Å². The molecule has 0 spiro atoms. The standard InChI is InChI=1S/C21H18ClNO/c22-21(24)16-20(17-10-4-1-5-11-17)23(18-12-6-2-7-13-18)19-14-8-3-9-15-19/h1-15,20H,16H2. The zero-order chi connectivity index (χ0) is 16.8. The van der Waals surface area contributed by atoms with Crippen LogP contribution in [0, 0.1) is 0 Å². The minimum Gasteiger partial charge on any atom is -0.333 e. The maximum atomic E-state index is 11.7. The van der Waals surface area contributed by atoms with E-state index < -0.39 is 0 Å². The Kier molecular flexibility index (Phi) is 5.29. The molecule has 0 aromatic heterocycles.